The van der Waals surface area contributed by atoms with E-state index in [1.165, 1.54) is 17.6 Å². The van der Waals surface area contributed by atoms with Crippen molar-refractivity contribution < 1.29 is 18.7 Å². The van der Waals surface area contributed by atoms with E-state index in [1.807, 2.05) is 31.2 Å². The number of thiazole rings is 1. The Morgan fingerprint density at radius 2 is 1.96 bits per heavy atom. The molecule has 0 fully saturated rings. The standard InChI is InChI=1S/C19H20N4O4S/c1-12-17(13-5-7-14(26-2)8-6-13)23-19(28-12)22-16(24)11-21-18(25)20-10-15-4-3-9-27-15/h3-9H,10-11H2,1-2H3,(H2,20,21,25)(H,22,23,24). The Kier molecular flexibility index (Phi) is 6.28. The summed E-state index contributed by atoms with van der Waals surface area (Å²) in [5.41, 5.74) is 1.73. The van der Waals surface area contributed by atoms with Gasteiger partial charge in [-0.25, -0.2) is 9.78 Å². The summed E-state index contributed by atoms with van der Waals surface area (Å²) in [6.07, 6.45) is 1.53. The topological polar surface area (TPSA) is 105 Å². The molecular formula is C19H20N4O4S. The van der Waals surface area contributed by atoms with Crippen LogP contribution in [0, 0.1) is 6.92 Å². The summed E-state index contributed by atoms with van der Waals surface area (Å²) in [5, 5.41) is 8.27. The molecule has 0 spiro atoms. The second-order valence-electron chi connectivity index (χ2n) is 5.82. The van der Waals surface area contributed by atoms with Crippen molar-refractivity contribution in [3.8, 4) is 17.0 Å². The zero-order chi connectivity index (χ0) is 19.9. The van der Waals surface area contributed by atoms with Crippen LogP contribution in [-0.4, -0.2) is 30.6 Å². The van der Waals surface area contributed by atoms with E-state index in [1.54, 1.807) is 19.2 Å². The third-order valence-corrected chi connectivity index (χ3v) is 4.71. The number of nitrogens with zero attached hydrogens (tertiary/aromatic N) is 1. The monoisotopic (exact) mass is 400 g/mol. The van der Waals surface area contributed by atoms with Crippen LogP contribution >= 0.6 is 11.3 Å². The molecule has 1 aromatic carbocycles. The molecule has 8 nitrogen and oxygen atoms in total. The highest BCUT2D eigenvalue weighted by Crippen LogP contribution is 2.31. The van der Waals surface area contributed by atoms with Crippen LogP contribution in [-0.2, 0) is 11.3 Å². The highest BCUT2D eigenvalue weighted by molar-refractivity contribution is 7.16. The molecule has 0 bridgehead atoms. The summed E-state index contributed by atoms with van der Waals surface area (Å²) >= 11 is 1.38. The molecule has 28 heavy (non-hydrogen) atoms. The van der Waals surface area contributed by atoms with E-state index in [0.29, 0.717) is 10.9 Å². The van der Waals surface area contributed by atoms with E-state index in [4.69, 9.17) is 9.15 Å². The maximum absolute atomic E-state index is 12.1. The Bertz CT molecular complexity index is 936. The molecule has 146 valence electrons. The lowest BCUT2D eigenvalue weighted by Gasteiger charge is -2.06. The van der Waals surface area contributed by atoms with Crippen molar-refractivity contribution in [1.82, 2.24) is 15.6 Å². The molecule has 3 aromatic rings. The van der Waals surface area contributed by atoms with Gasteiger partial charge in [-0.3, -0.25) is 4.79 Å². The van der Waals surface area contributed by atoms with Crippen molar-refractivity contribution in [3.63, 3.8) is 0 Å². The van der Waals surface area contributed by atoms with Gasteiger partial charge >= 0.3 is 6.03 Å². The number of aromatic nitrogens is 1. The van der Waals surface area contributed by atoms with Crippen LogP contribution < -0.4 is 20.7 Å². The smallest absolute Gasteiger partial charge is 0.315 e. The van der Waals surface area contributed by atoms with Crippen LogP contribution in [0.25, 0.3) is 11.3 Å². The van der Waals surface area contributed by atoms with Crippen molar-refractivity contribution in [2.75, 3.05) is 19.0 Å². The minimum atomic E-state index is -0.458. The van der Waals surface area contributed by atoms with Crippen LogP contribution in [0.15, 0.2) is 47.1 Å². The molecule has 3 amide bonds. The van der Waals surface area contributed by atoms with Crippen LogP contribution in [0.1, 0.15) is 10.6 Å². The minimum absolute atomic E-state index is 0.166. The molecule has 0 unspecified atom stereocenters. The zero-order valence-electron chi connectivity index (χ0n) is 15.4. The Labute approximate surface area is 165 Å². The van der Waals surface area contributed by atoms with Gasteiger partial charge in [-0.15, -0.1) is 11.3 Å². The molecule has 0 saturated carbocycles. The van der Waals surface area contributed by atoms with Crippen molar-refractivity contribution in [3.05, 3.63) is 53.3 Å². The molecular weight excluding hydrogens is 380 g/mol. The summed E-state index contributed by atoms with van der Waals surface area (Å²) in [6, 6.07) is 10.6. The molecule has 0 atom stereocenters. The number of hydrogen-bond donors (Lipinski definition) is 3. The van der Waals surface area contributed by atoms with Crippen molar-refractivity contribution in [1.29, 1.82) is 0 Å². The average Bonchev–Trinajstić information content (AvgIpc) is 3.34. The maximum Gasteiger partial charge on any atom is 0.315 e. The predicted molar refractivity (Wildman–Crippen MR) is 106 cm³/mol. The van der Waals surface area contributed by atoms with Gasteiger partial charge in [0.25, 0.3) is 0 Å². The van der Waals surface area contributed by atoms with Crippen LogP contribution in [0.5, 0.6) is 5.75 Å². The lowest BCUT2D eigenvalue weighted by Crippen LogP contribution is -2.39. The minimum Gasteiger partial charge on any atom is -0.497 e. The maximum atomic E-state index is 12.1. The highest BCUT2D eigenvalue weighted by atomic mass is 32.1. The number of benzene rings is 1. The highest BCUT2D eigenvalue weighted by Gasteiger charge is 2.13. The normalized spacial score (nSPS) is 10.4. The van der Waals surface area contributed by atoms with Crippen LogP contribution in [0.3, 0.4) is 0 Å². The van der Waals surface area contributed by atoms with Gasteiger partial charge in [-0.1, -0.05) is 0 Å². The number of amides is 3. The van der Waals surface area contributed by atoms with E-state index in [2.05, 4.69) is 20.9 Å². The van der Waals surface area contributed by atoms with E-state index in [0.717, 1.165) is 21.9 Å². The molecule has 3 N–H and O–H groups in total. The molecule has 0 aliphatic heterocycles. The van der Waals surface area contributed by atoms with Gasteiger partial charge < -0.3 is 25.1 Å². The molecule has 9 heteroatoms. The second-order valence-corrected chi connectivity index (χ2v) is 7.02. The van der Waals surface area contributed by atoms with E-state index < -0.39 is 6.03 Å². The van der Waals surface area contributed by atoms with Gasteiger partial charge in [0, 0.05) is 10.4 Å². The van der Waals surface area contributed by atoms with Crippen molar-refractivity contribution in [2.45, 2.75) is 13.5 Å². The Hall–Kier alpha value is -3.33. The number of ether oxygens (including phenoxy) is 1. The summed E-state index contributed by atoms with van der Waals surface area (Å²) in [4.78, 5) is 29.2. The Morgan fingerprint density at radius 1 is 1.18 bits per heavy atom. The van der Waals surface area contributed by atoms with Crippen molar-refractivity contribution in [2.24, 2.45) is 0 Å². The SMILES string of the molecule is COc1ccc(-c2nc(NC(=O)CNC(=O)NCc3ccco3)sc2C)cc1. The average molecular weight is 400 g/mol. The number of aryl methyl sites for hydroxylation is 1. The molecule has 3 rings (SSSR count). The van der Waals surface area contributed by atoms with E-state index in [-0.39, 0.29) is 19.0 Å². The number of nitrogens with one attached hydrogen (secondary N) is 3. The Balaban J connectivity index is 1.50. The first-order valence-corrected chi connectivity index (χ1v) is 9.32. The quantitative estimate of drug-likeness (QED) is 0.565. The first-order valence-electron chi connectivity index (χ1n) is 8.51. The number of urea groups is 1. The number of carbonyl (C=O) groups is 2. The van der Waals surface area contributed by atoms with Crippen LogP contribution in [0.4, 0.5) is 9.93 Å². The van der Waals surface area contributed by atoms with Crippen molar-refractivity contribution >= 4 is 28.4 Å². The third kappa shape index (κ3) is 5.10. The van der Waals surface area contributed by atoms with Gasteiger partial charge in [0.1, 0.15) is 11.5 Å². The van der Waals surface area contributed by atoms with Gasteiger partial charge in [0.05, 0.1) is 32.2 Å². The first kappa shape index (κ1) is 19.4. The predicted octanol–water partition coefficient (Wildman–Crippen LogP) is 3.16. The summed E-state index contributed by atoms with van der Waals surface area (Å²) < 4.78 is 10.3. The lowest BCUT2D eigenvalue weighted by atomic mass is 10.1. The molecule has 0 saturated heterocycles. The largest absolute Gasteiger partial charge is 0.497 e. The van der Waals surface area contributed by atoms with E-state index in [9.17, 15) is 9.59 Å². The lowest BCUT2D eigenvalue weighted by molar-refractivity contribution is -0.115. The number of hydrogen-bond acceptors (Lipinski definition) is 6. The first-order chi connectivity index (χ1) is 13.5. The molecule has 2 heterocycles. The molecule has 0 aliphatic rings. The van der Waals surface area contributed by atoms with Gasteiger partial charge in [0.15, 0.2) is 5.13 Å². The van der Waals surface area contributed by atoms with Gasteiger partial charge in [-0.05, 0) is 43.3 Å². The fourth-order valence-corrected chi connectivity index (χ4v) is 3.29. The number of methoxy groups -OCH3 is 1. The van der Waals surface area contributed by atoms with E-state index >= 15 is 0 Å². The second kappa shape index (κ2) is 9.05. The number of furan rings is 1. The molecule has 2 aromatic heterocycles. The van der Waals surface area contributed by atoms with Gasteiger partial charge in [-0.2, -0.15) is 0 Å². The zero-order valence-corrected chi connectivity index (χ0v) is 16.3. The van der Waals surface area contributed by atoms with Gasteiger partial charge in [0.2, 0.25) is 5.91 Å². The fourth-order valence-electron chi connectivity index (χ4n) is 2.43. The summed E-state index contributed by atoms with van der Waals surface area (Å²) in [6.45, 7) is 2.02. The molecule has 0 radical (unpaired) electrons. The van der Waals surface area contributed by atoms with Crippen LogP contribution in [0.2, 0.25) is 0 Å². The number of carbonyl (C=O) groups excluding carboxylic acids is 2. The number of rotatable bonds is 7. The summed E-state index contributed by atoms with van der Waals surface area (Å²) in [5.74, 6) is 1.04. The molecule has 0 aliphatic carbocycles. The third-order valence-electron chi connectivity index (χ3n) is 3.82. The fraction of sp³-hybridized carbons (Fsp3) is 0.211. The Morgan fingerprint density at radius 3 is 2.64 bits per heavy atom. The number of anilines is 1. The summed E-state index contributed by atoms with van der Waals surface area (Å²) in [7, 11) is 1.61.